The second-order valence-corrected chi connectivity index (χ2v) is 4.62. The lowest BCUT2D eigenvalue weighted by Crippen LogP contribution is -2.33. The van der Waals surface area contributed by atoms with Gasteiger partial charge in [0, 0.05) is 44.8 Å². The Morgan fingerprint density at radius 1 is 1.42 bits per heavy atom. The highest BCUT2D eigenvalue weighted by Gasteiger charge is 2.13. The van der Waals surface area contributed by atoms with Gasteiger partial charge in [-0.15, -0.1) is 0 Å². The highest BCUT2D eigenvalue weighted by molar-refractivity contribution is 5.78. The molecule has 2 aromatic heterocycles. The number of hydrogen-bond acceptors (Lipinski definition) is 3. The molecule has 0 spiro atoms. The Balaban J connectivity index is 1.73. The average Bonchev–Trinajstić information content (AvgIpc) is 3.02. The quantitative estimate of drug-likeness (QED) is 0.828. The van der Waals surface area contributed by atoms with E-state index < -0.39 is 0 Å². The van der Waals surface area contributed by atoms with Crippen LogP contribution in [0.2, 0.25) is 0 Å². The van der Waals surface area contributed by atoms with Gasteiger partial charge in [0.2, 0.25) is 5.91 Å². The number of rotatable bonds is 6. The third kappa shape index (κ3) is 3.67. The molecule has 0 unspecified atom stereocenters. The van der Waals surface area contributed by atoms with Gasteiger partial charge < -0.3 is 9.88 Å². The van der Waals surface area contributed by atoms with Crippen LogP contribution in [0.3, 0.4) is 0 Å². The summed E-state index contributed by atoms with van der Waals surface area (Å²) >= 11 is 0. The summed E-state index contributed by atoms with van der Waals surface area (Å²) < 4.78 is 3.72. The molecule has 0 aromatic carbocycles. The van der Waals surface area contributed by atoms with Crippen LogP contribution in [0.25, 0.3) is 0 Å². The van der Waals surface area contributed by atoms with E-state index in [4.69, 9.17) is 0 Å². The molecule has 0 saturated carbocycles. The van der Waals surface area contributed by atoms with Gasteiger partial charge in [-0.3, -0.25) is 9.48 Å². The number of nitrogens with one attached hydrogen (secondary N) is 1. The van der Waals surface area contributed by atoms with Crippen molar-refractivity contribution in [3.05, 3.63) is 36.7 Å². The SMILES string of the molecule is C[C@@H](Cn1cccn1)C(=O)NCCc1nccn1C. The molecule has 0 radical (unpaired) electrons. The predicted molar refractivity (Wildman–Crippen MR) is 71.3 cm³/mol. The zero-order valence-corrected chi connectivity index (χ0v) is 11.3. The van der Waals surface area contributed by atoms with Crippen LogP contribution in [0, 0.1) is 5.92 Å². The third-order valence-corrected chi connectivity index (χ3v) is 3.04. The lowest BCUT2D eigenvalue weighted by Gasteiger charge is -2.12. The van der Waals surface area contributed by atoms with Crippen LogP contribution in [-0.2, 0) is 24.8 Å². The monoisotopic (exact) mass is 261 g/mol. The van der Waals surface area contributed by atoms with Crippen LogP contribution < -0.4 is 5.32 Å². The van der Waals surface area contributed by atoms with Crippen molar-refractivity contribution in [1.82, 2.24) is 24.6 Å². The van der Waals surface area contributed by atoms with Gasteiger partial charge in [0.05, 0.1) is 12.5 Å². The summed E-state index contributed by atoms with van der Waals surface area (Å²) in [6, 6.07) is 1.85. The lowest BCUT2D eigenvalue weighted by atomic mass is 10.1. The van der Waals surface area contributed by atoms with E-state index in [1.54, 1.807) is 17.1 Å². The van der Waals surface area contributed by atoms with Gasteiger partial charge in [0.15, 0.2) is 0 Å². The van der Waals surface area contributed by atoms with Gasteiger partial charge in [-0.2, -0.15) is 5.10 Å². The first-order valence-corrected chi connectivity index (χ1v) is 6.38. The molecule has 1 amide bonds. The fourth-order valence-corrected chi connectivity index (χ4v) is 1.88. The van der Waals surface area contributed by atoms with Crippen LogP contribution >= 0.6 is 0 Å². The minimum absolute atomic E-state index is 0.0460. The summed E-state index contributed by atoms with van der Waals surface area (Å²) in [6.45, 7) is 3.10. The van der Waals surface area contributed by atoms with E-state index >= 15 is 0 Å². The molecule has 0 fully saturated rings. The number of amides is 1. The summed E-state index contributed by atoms with van der Waals surface area (Å²) in [5.41, 5.74) is 0. The van der Waals surface area contributed by atoms with Gasteiger partial charge in [-0.05, 0) is 6.07 Å². The molecule has 1 atom stereocenters. The van der Waals surface area contributed by atoms with E-state index in [0.717, 1.165) is 12.2 Å². The molecule has 6 nitrogen and oxygen atoms in total. The molecule has 2 aromatic rings. The van der Waals surface area contributed by atoms with Crippen molar-refractivity contribution in [3.63, 3.8) is 0 Å². The Hall–Kier alpha value is -2.11. The molecule has 6 heteroatoms. The summed E-state index contributed by atoms with van der Waals surface area (Å²) in [6.07, 6.45) is 7.97. The number of carbonyl (C=O) groups excluding carboxylic acids is 1. The fourth-order valence-electron chi connectivity index (χ4n) is 1.88. The number of hydrogen-bond donors (Lipinski definition) is 1. The normalized spacial score (nSPS) is 12.3. The number of carbonyl (C=O) groups is 1. The Bertz CT molecular complexity index is 517. The predicted octanol–water partition coefficient (Wildman–Crippen LogP) is 0.612. The molecule has 0 aliphatic rings. The van der Waals surface area contributed by atoms with E-state index in [2.05, 4.69) is 15.4 Å². The fraction of sp³-hybridized carbons (Fsp3) is 0.462. The number of aryl methyl sites for hydroxylation is 1. The average molecular weight is 261 g/mol. The first-order chi connectivity index (χ1) is 9.16. The molecular formula is C13H19N5O. The summed E-state index contributed by atoms with van der Waals surface area (Å²) in [5.74, 6) is 0.922. The highest BCUT2D eigenvalue weighted by Crippen LogP contribution is 2.00. The molecule has 2 rings (SSSR count). The Kier molecular flexibility index (Phi) is 4.33. The van der Waals surface area contributed by atoms with E-state index in [9.17, 15) is 4.79 Å². The van der Waals surface area contributed by atoms with Crippen molar-refractivity contribution in [3.8, 4) is 0 Å². The first-order valence-electron chi connectivity index (χ1n) is 6.38. The maximum Gasteiger partial charge on any atom is 0.224 e. The molecule has 1 N–H and O–H groups in total. The third-order valence-electron chi connectivity index (χ3n) is 3.04. The smallest absolute Gasteiger partial charge is 0.224 e. The van der Waals surface area contributed by atoms with Gasteiger partial charge >= 0.3 is 0 Å². The van der Waals surface area contributed by atoms with Crippen molar-refractivity contribution < 1.29 is 4.79 Å². The Morgan fingerprint density at radius 2 is 2.26 bits per heavy atom. The molecule has 19 heavy (non-hydrogen) atoms. The van der Waals surface area contributed by atoms with Crippen molar-refractivity contribution in [2.75, 3.05) is 6.54 Å². The van der Waals surface area contributed by atoms with E-state index in [-0.39, 0.29) is 11.8 Å². The second kappa shape index (κ2) is 6.17. The van der Waals surface area contributed by atoms with Crippen molar-refractivity contribution in [2.24, 2.45) is 13.0 Å². The number of nitrogens with zero attached hydrogens (tertiary/aromatic N) is 4. The summed E-state index contributed by atoms with van der Waals surface area (Å²) in [4.78, 5) is 16.1. The van der Waals surface area contributed by atoms with Crippen molar-refractivity contribution in [2.45, 2.75) is 19.9 Å². The second-order valence-electron chi connectivity index (χ2n) is 4.62. The standard InChI is InChI=1S/C13H19N5O/c1-11(10-18-8-3-5-16-18)13(19)15-6-4-12-14-7-9-17(12)2/h3,5,7-9,11H,4,6,10H2,1-2H3,(H,15,19)/t11-/m0/s1. The van der Waals surface area contributed by atoms with Crippen molar-refractivity contribution in [1.29, 1.82) is 0 Å². The molecule has 102 valence electrons. The molecular weight excluding hydrogens is 242 g/mol. The zero-order chi connectivity index (χ0) is 13.7. The summed E-state index contributed by atoms with van der Waals surface area (Å²) in [5, 5.41) is 7.02. The molecule has 0 bridgehead atoms. The Labute approximate surface area is 112 Å². The van der Waals surface area contributed by atoms with Crippen LogP contribution in [0.5, 0.6) is 0 Å². The summed E-state index contributed by atoms with van der Waals surface area (Å²) in [7, 11) is 1.95. The zero-order valence-electron chi connectivity index (χ0n) is 11.3. The first kappa shape index (κ1) is 13.3. The van der Waals surface area contributed by atoms with Gasteiger partial charge in [-0.25, -0.2) is 4.98 Å². The van der Waals surface area contributed by atoms with Gasteiger partial charge in [0.1, 0.15) is 5.82 Å². The van der Waals surface area contributed by atoms with E-state index in [1.807, 2.05) is 37.0 Å². The number of imidazole rings is 1. The maximum atomic E-state index is 11.9. The topological polar surface area (TPSA) is 64.7 Å². The molecule has 2 heterocycles. The Morgan fingerprint density at radius 3 is 2.89 bits per heavy atom. The van der Waals surface area contributed by atoms with Gasteiger partial charge in [0.25, 0.3) is 0 Å². The van der Waals surface area contributed by atoms with Crippen LogP contribution in [0.1, 0.15) is 12.7 Å². The number of aromatic nitrogens is 4. The molecule has 0 saturated heterocycles. The molecule has 0 aliphatic carbocycles. The maximum absolute atomic E-state index is 11.9. The van der Waals surface area contributed by atoms with Crippen LogP contribution in [0.15, 0.2) is 30.9 Å². The lowest BCUT2D eigenvalue weighted by molar-refractivity contribution is -0.124. The largest absolute Gasteiger partial charge is 0.355 e. The van der Waals surface area contributed by atoms with Gasteiger partial charge in [-0.1, -0.05) is 6.92 Å². The molecule has 0 aliphatic heterocycles. The van der Waals surface area contributed by atoms with Crippen LogP contribution in [-0.4, -0.2) is 31.8 Å². The van der Waals surface area contributed by atoms with E-state index in [1.165, 1.54) is 0 Å². The van der Waals surface area contributed by atoms with Crippen molar-refractivity contribution >= 4 is 5.91 Å². The van der Waals surface area contributed by atoms with E-state index in [0.29, 0.717) is 13.1 Å². The minimum atomic E-state index is -0.0960. The highest BCUT2D eigenvalue weighted by atomic mass is 16.1. The minimum Gasteiger partial charge on any atom is -0.355 e. The van der Waals surface area contributed by atoms with Crippen LogP contribution in [0.4, 0.5) is 0 Å².